The second kappa shape index (κ2) is 11.1. The van der Waals surface area contributed by atoms with Crippen molar-refractivity contribution in [3.8, 4) is 5.75 Å². The Bertz CT molecular complexity index is 529. The monoisotopic (exact) mass is 318 g/mol. The number of amides is 1. The highest BCUT2D eigenvalue weighted by molar-refractivity contribution is 5.79. The molecular formula is C17H26N4O2. The fraction of sp³-hybridized carbons (Fsp3) is 0.412. The number of hydrogen-bond acceptors (Lipinski definition) is 3. The van der Waals surface area contributed by atoms with Crippen molar-refractivity contribution in [2.75, 3.05) is 26.2 Å². The Morgan fingerprint density at radius 1 is 1.26 bits per heavy atom. The molecule has 1 aromatic rings. The highest BCUT2D eigenvalue weighted by atomic mass is 16.5. The first kappa shape index (κ1) is 18.5. The summed E-state index contributed by atoms with van der Waals surface area (Å²) < 4.78 is 5.48. The molecule has 3 N–H and O–H groups in total. The highest BCUT2D eigenvalue weighted by Crippen LogP contribution is 2.14. The predicted molar refractivity (Wildman–Crippen MR) is 93.6 cm³/mol. The molecule has 126 valence electrons. The number of nitrogens with zero attached hydrogens (tertiary/aromatic N) is 1. The SMILES string of the molecule is C=CCNC(=NCc1cccc(OCC(=O)NCC)c1)NCC. The Balaban J connectivity index is 2.60. The molecule has 0 aliphatic carbocycles. The Labute approximate surface area is 138 Å². The van der Waals surface area contributed by atoms with Crippen molar-refractivity contribution in [3.05, 3.63) is 42.5 Å². The molecule has 0 radical (unpaired) electrons. The van der Waals surface area contributed by atoms with E-state index in [2.05, 4.69) is 27.5 Å². The van der Waals surface area contributed by atoms with E-state index in [0.717, 1.165) is 18.1 Å². The average molecular weight is 318 g/mol. The van der Waals surface area contributed by atoms with Crippen LogP contribution in [0.15, 0.2) is 41.9 Å². The fourth-order valence-electron chi connectivity index (χ4n) is 1.81. The van der Waals surface area contributed by atoms with Gasteiger partial charge in [0.25, 0.3) is 5.91 Å². The molecule has 0 saturated heterocycles. The molecule has 0 spiro atoms. The van der Waals surface area contributed by atoms with Crippen LogP contribution in [-0.2, 0) is 11.3 Å². The van der Waals surface area contributed by atoms with Gasteiger partial charge in [0.15, 0.2) is 12.6 Å². The van der Waals surface area contributed by atoms with E-state index < -0.39 is 0 Å². The van der Waals surface area contributed by atoms with Gasteiger partial charge in [0.05, 0.1) is 6.54 Å². The zero-order chi connectivity index (χ0) is 16.9. The zero-order valence-electron chi connectivity index (χ0n) is 13.9. The van der Waals surface area contributed by atoms with Gasteiger partial charge in [-0.3, -0.25) is 4.79 Å². The van der Waals surface area contributed by atoms with Crippen LogP contribution in [0.25, 0.3) is 0 Å². The Morgan fingerprint density at radius 3 is 2.74 bits per heavy atom. The molecule has 0 bridgehead atoms. The van der Waals surface area contributed by atoms with Gasteiger partial charge in [0.2, 0.25) is 0 Å². The van der Waals surface area contributed by atoms with E-state index in [1.807, 2.05) is 38.1 Å². The number of carbonyl (C=O) groups excluding carboxylic acids is 1. The minimum atomic E-state index is -0.126. The Hall–Kier alpha value is -2.50. The molecule has 23 heavy (non-hydrogen) atoms. The third kappa shape index (κ3) is 7.90. The maximum atomic E-state index is 11.4. The third-order valence-corrected chi connectivity index (χ3v) is 2.82. The van der Waals surface area contributed by atoms with E-state index in [1.165, 1.54) is 0 Å². The third-order valence-electron chi connectivity index (χ3n) is 2.82. The second-order valence-electron chi connectivity index (χ2n) is 4.75. The van der Waals surface area contributed by atoms with E-state index in [0.29, 0.717) is 25.4 Å². The minimum absolute atomic E-state index is 0.0179. The first-order valence-electron chi connectivity index (χ1n) is 7.81. The summed E-state index contributed by atoms with van der Waals surface area (Å²) in [5, 5.41) is 9.00. The van der Waals surface area contributed by atoms with Gasteiger partial charge in [-0.1, -0.05) is 18.2 Å². The lowest BCUT2D eigenvalue weighted by molar-refractivity contribution is -0.122. The minimum Gasteiger partial charge on any atom is -0.484 e. The molecule has 1 aromatic carbocycles. The molecule has 0 unspecified atom stereocenters. The number of benzene rings is 1. The van der Waals surface area contributed by atoms with Crippen LogP contribution in [0, 0.1) is 0 Å². The summed E-state index contributed by atoms with van der Waals surface area (Å²) in [4.78, 5) is 15.9. The molecule has 6 heteroatoms. The standard InChI is InChI=1S/C17H26N4O2/c1-4-10-20-17(19-6-3)21-12-14-8-7-9-15(11-14)23-13-16(22)18-5-2/h4,7-9,11H,1,5-6,10,12-13H2,2-3H3,(H,18,22)(H2,19,20,21). The quantitative estimate of drug-likeness (QED) is 0.366. The van der Waals surface area contributed by atoms with E-state index >= 15 is 0 Å². The number of guanidine groups is 1. The number of rotatable bonds is 9. The lowest BCUT2D eigenvalue weighted by atomic mass is 10.2. The summed E-state index contributed by atoms with van der Waals surface area (Å²) in [5.74, 6) is 1.27. The molecule has 1 amide bonds. The van der Waals surface area contributed by atoms with Gasteiger partial charge in [0.1, 0.15) is 5.75 Å². The van der Waals surface area contributed by atoms with Crippen LogP contribution >= 0.6 is 0 Å². The number of nitrogens with one attached hydrogen (secondary N) is 3. The normalized spacial score (nSPS) is 10.8. The zero-order valence-corrected chi connectivity index (χ0v) is 13.9. The van der Waals surface area contributed by atoms with Crippen molar-refractivity contribution in [2.45, 2.75) is 20.4 Å². The summed E-state index contributed by atoms with van der Waals surface area (Å²) in [6.45, 7) is 10.1. The van der Waals surface area contributed by atoms with Gasteiger partial charge in [-0.25, -0.2) is 4.99 Å². The number of carbonyl (C=O) groups is 1. The number of likely N-dealkylation sites (N-methyl/N-ethyl adjacent to an activating group) is 1. The number of aliphatic imine (C=N–C) groups is 1. The number of ether oxygens (including phenoxy) is 1. The van der Waals surface area contributed by atoms with Crippen LogP contribution in [0.1, 0.15) is 19.4 Å². The van der Waals surface area contributed by atoms with Gasteiger partial charge in [-0.15, -0.1) is 6.58 Å². The first-order valence-corrected chi connectivity index (χ1v) is 7.81. The maximum Gasteiger partial charge on any atom is 0.257 e. The van der Waals surface area contributed by atoms with Crippen LogP contribution in [-0.4, -0.2) is 38.1 Å². The molecule has 0 aromatic heterocycles. The van der Waals surface area contributed by atoms with E-state index in [9.17, 15) is 4.79 Å². The Kier molecular flexibility index (Phi) is 8.97. The predicted octanol–water partition coefficient (Wildman–Crippen LogP) is 1.44. The summed E-state index contributed by atoms with van der Waals surface area (Å²) in [6.07, 6.45) is 1.78. The van der Waals surface area contributed by atoms with Gasteiger partial charge in [0, 0.05) is 19.6 Å². The van der Waals surface area contributed by atoms with E-state index in [-0.39, 0.29) is 12.5 Å². The molecule has 0 heterocycles. The molecule has 0 aliphatic rings. The van der Waals surface area contributed by atoms with Crippen molar-refractivity contribution >= 4 is 11.9 Å². The highest BCUT2D eigenvalue weighted by Gasteiger charge is 2.02. The average Bonchev–Trinajstić information content (AvgIpc) is 2.56. The molecule has 0 saturated carbocycles. The lowest BCUT2D eigenvalue weighted by Crippen LogP contribution is -2.37. The maximum absolute atomic E-state index is 11.4. The fourth-order valence-corrected chi connectivity index (χ4v) is 1.81. The van der Waals surface area contributed by atoms with E-state index in [4.69, 9.17) is 4.74 Å². The van der Waals surface area contributed by atoms with Crippen molar-refractivity contribution in [3.63, 3.8) is 0 Å². The molecule has 0 aliphatic heterocycles. The van der Waals surface area contributed by atoms with Crippen LogP contribution in [0.4, 0.5) is 0 Å². The van der Waals surface area contributed by atoms with Gasteiger partial charge in [-0.05, 0) is 31.5 Å². The van der Waals surface area contributed by atoms with Crippen molar-refractivity contribution in [1.29, 1.82) is 0 Å². The van der Waals surface area contributed by atoms with Crippen LogP contribution < -0.4 is 20.7 Å². The van der Waals surface area contributed by atoms with Gasteiger partial charge in [-0.2, -0.15) is 0 Å². The van der Waals surface area contributed by atoms with Crippen LogP contribution in [0.2, 0.25) is 0 Å². The summed E-state index contributed by atoms with van der Waals surface area (Å²) in [7, 11) is 0. The smallest absolute Gasteiger partial charge is 0.257 e. The van der Waals surface area contributed by atoms with Gasteiger partial charge >= 0.3 is 0 Å². The summed E-state index contributed by atoms with van der Waals surface area (Å²) >= 11 is 0. The van der Waals surface area contributed by atoms with Crippen molar-refractivity contribution in [2.24, 2.45) is 4.99 Å². The van der Waals surface area contributed by atoms with Crippen molar-refractivity contribution in [1.82, 2.24) is 16.0 Å². The molecule has 6 nitrogen and oxygen atoms in total. The second-order valence-corrected chi connectivity index (χ2v) is 4.75. The van der Waals surface area contributed by atoms with Crippen LogP contribution in [0.5, 0.6) is 5.75 Å². The molecular weight excluding hydrogens is 292 g/mol. The largest absolute Gasteiger partial charge is 0.484 e. The Morgan fingerprint density at radius 2 is 2.04 bits per heavy atom. The topological polar surface area (TPSA) is 74.8 Å². The summed E-state index contributed by atoms with van der Waals surface area (Å²) in [5.41, 5.74) is 1.01. The number of hydrogen-bond donors (Lipinski definition) is 3. The van der Waals surface area contributed by atoms with Crippen molar-refractivity contribution < 1.29 is 9.53 Å². The lowest BCUT2D eigenvalue weighted by Gasteiger charge is -2.10. The van der Waals surface area contributed by atoms with Gasteiger partial charge < -0.3 is 20.7 Å². The van der Waals surface area contributed by atoms with Crippen LogP contribution in [0.3, 0.4) is 0 Å². The molecule has 0 fully saturated rings. The first-order chi connectivity index (χ1) is 11.2. The molecule has 0 atom stereocenters. The molecule has 1 rings (SSSR count). The summed E-state index contributed by atoms with van der Waals surface area (Å²) in [6, 6.07) is 7.58. The van der Waals surface area contributed by atoms with E-state index in [1.54, 1.807) is 6.08 Å².